The zero-order chi connectivity index (χ0) is 12.1. The van der Waals surface area contributed by atoms with E-state index in [0.29, 0.717) is 5.69 Å². The smallest absolute Gasteiger partial charge is 0.326 e. The summed E-state index contributed by atoms with van der Waals surface area (Å²) >= 11 is 0. The lowest BCUT2D eigenvalue weighted by Crippen LogP contribution is -2.46. The molecule has 0 radical (unpaired) electrons. The van der Waals surface area contributed by atoms with Crippen LogP contribution in [0.1, 0.15) is 6.92 Å². The lowest BCUT2D eigenvalue weighted by molar-refractivity contribution is -0.139. The number of nitrogens with zero attached hydrogens (tertiary/aromatic N) is 1. The third-order valence-corrected chi connectivity index (χ3v) is 2.22. The summed E-state index contributed by atoms with van der Waals surface area (Å²) in [5.74, 6) is -1.48. The van der Waals surface area contributed by atoms with Crippen molar-refractivity contribution in [1.82, 2.24) is 0 Å². The molecule has 0 heterocycles. The number of amides is 1. The third-order valence-electron chi connectivity index (χ3n) is 2.22. The van der Waals surface area contributed by atoms with Crippen molar-refractivity contribution >= 4 is 17.6 Å². The summed E-state index contributed by atoms with van der Waals surface area (Å²) in [6, 6.07) is 7.68. The monoisotopic (exact) mass is 222 g/mol. The van der Waals surface area contributed by atoms with Gasteiger partial charge in [0.25, 0.3) is 0 Å². The molecule has 1 aromatic carbocycles. The van der Waals surface area contributed by atoms with Crippen LogP contribution in [0.25, 0.3) is 0 Å². The fourth-order valence-electron chi connectivity index (χ4n) is 1.38. The second kappa shape index (κ2) is 5.27. The van der Waals surface area contributed by atoms with Crippen LogP contribution in [-0.2, 0) is 9.59 Å². The first-order valence-corrected chi connectivity index (χ1v) is 4.88. The summed E-state index contributed by atoms with van der Waals surface area (Å²) in [7, 11) is 0. The summed E-state index contributed by atoms with van der Waals surface area (Å²) in [4.78, 5) is 23.7. The number of carboxylic acid groups (broad SMARTS) is 1. The Balaban J connectivity index is 3.06. The van der Waals surface area contributed by atoms with Crippen molar-refractivity contribution in [1.29, 1.82) is 0 Å². The molecule has 16 heavy (non-hydrogen) atoms. The van der Waals surface area contributed by atoms with E-state index in [1.54, 1.807) is 30.3 Å². The van der Waals surface area contributed by atoms with Crippen molar-refractivity contribution in [2.45, 2.75) is 13.0 Å². The zero-order valence-corrected chi connectivity index (χ0v) is 8.96. The highest BCUT2D eigenvalue weighted by molar-refractivity contribution is 5.99. The molecule has 0 unspecified atom stereocenters. The van der Waals surface area contributed by atoms with E-state index in [9.17, 15) is 9.59 Å². The van der Waals surface area contributed by atoms with Crippen LogP contribution < -0.4 is 10.6 Å². The molecular formula is C11H14N2O3. The fraction of sp³-hybridized carbons (Fsp3) is 0.273. The second-order valence-corrected chi connectivity index (χ2v) is 3.32. The maximum absolute atomic E-state index is 11.6. The number of para-hydroxylation sites is 1. The van der Waals surface area contributed by atoms with Crippen molar-refractivity contribution in [3.8, 4) is 0 Å². The van der Waals surface area contributed by atoms with E-state index in [4.69, 9.17) is 10.8 Å². The van der Waals surface area contributed by atoms with Gasteiger partial charge in [-0.15, -0.1) is 0 Å². The first kappa shape index (κ1) is 12.2. The minimum atomic E-state index is -1.06. The Hall–Kier alpha value is -1.88. The number of hydrogen-bond donors (Lipinski definition) is 2. The number of carbonyl (C=O) groups excluding carboxylic acids is 1. The summed E-state index contributed by atoms with van der Waals surface area (Å²) in [5.41, 5.74) is 5.80. The zero-order valence-electron chi connectivity index (χ0n) is 8.96. The van der Waals surface area contributed by atoms with Gasteiger partial charge in [-0.1, -0.05) is 18.2 Å². The van der Waals surface area contributed by atoms with Crippen LogP contribution in [0.5, 0.6) is 0 Å². The van der Waals surface area contributed by atoms with Gasteiger partial charge in [-0.25, -0.2) is 4.79 Å². The predicted molar refractivity (Wildman–Crippen MR) is 60.1 cm³/mol. The lowest BCUT2D eigenvalue weighted by Gasteiger charge is -2.26. The SMILES string of the molecule is C[C@@H](C(=O)O)N(C(=O)CN)c1ccccc1. The average molecular weight is 222 g/mol. The van der Waals surface area contributed by atoms with E-state index in [2.05, 4.69) is 0 Å². The lowest BCUT2D eigenvalue weighted by atomic mass is 10.2. The quantitative estimate of drug-likeness (QED) is 0.774. The van der Waals surface area contributed by atoms with Gasteiger partial charge in [-0.3, -0.25) is 9.69 Å². The standard InChI is InChI=1S/C11H14N2O3/c1-8(11(15)16)13(10(14)7-12)9-5-3-2-4-6-9/h2-6,8H,7,12H2,1H3,(H,15,16)/t8-/m0/s1. The molecule has 1 atom stereocenters. The normalized spacial score (nSPS) is 11.9. The molecule has 1 rings (SSSR count). The maximum atomic E-state index is 11.6. The first-order valence-electron chi connectivity index (χ1n) is 4.88. The summed E-state index contributed by atoms with van der Waals surface area (Å²) < 4.78 is 0. The van der Waals surface area contributed by atoms with Crippen LogP contribution in [0.4, 0.5) is 5.69 Å². The van der Waals surface area contributed by atoms with Gasteiger partial charge < -0.3 is 10.8 Å². The number of hydrogen-bond acceptors (Lipinski definition) is 3. The van der Waals surface area contributed by atoms with Gasteiger partial charge in [-0.05, 0) is 19.1 Å². The molecule has 0 aromatic heterocycles. The van der Waals surface area contributed by atoms with E-state index < -0.39 is 17.9 Å². The number of anilines is 1. The molecule has 0 spiro atoms. The van der Waals surface area contributed by atoms with E-state index in [0.717, 1.165) is 0 Å². The van der Waals surface area contributed by atoms with Crippen LogP contribution in [0, 0.1) is 0 Å². The van der Waals surface area contributed by atoms with Crippen LogP contribution in [0.2, 0.25) is 0 Å². The molecule has 5 nitrogen and oxygen atoms in total. The number of carbonyl (C=O) groups is 2. The van der Waals surface area contributed by atoms with E-state index in [-0.39, 0.29) is 6.54 Å². The van der Waals surface area contributed by atoms with Gasteiger partial charge in [0.05, 0.1) is 6.54 Å². The van der Waals surface area contributed by atoms with Gasteiger partial charge in [0.1, 0.15) is 6.04 Å². The predicted octanol–water partition coefficient (Wildman–Crippen LogP) is 0.451. The Morgan fingerprint density at radius 2 is 1.94 bits per heavy atom. The molecule has 86 valence electrons. The topological polar surface area (TPSA) is 83.6 Å². The van der Waals surface area contributed by atoms with Gasteiger partial charge in [0.15, 0.2) is 0 Å². The van der Waals surface area contributed by atoms with Crippen LogP contribution in [-0.4, -0.2) is 29.6 Å². The second-order valence-electron chi connectivity index (χ2n) is 3.32. The Kier molecular flexibility index (Phi) is 4.02. The highest BCUT2D eigenvalue weighted by Gasteiger charge is 2.25. The highest BCUT2D eigenvalue weighted by Crippen LogP contribution is 2.16. The summed E-state index contributed by atoms with van der Waals surface area (Å²) in [5, 5.41) is 8.92. The van der Waals surface area contributed by atoms with Crippen LogP contribution in [0.15, 0.2) is 30.3 Å². The molecule has 0 bridgehead atoms. The number of nitrogens with two attached hydrogens (primary N) is 1. The van der Waals surface area contributed by atoms with E-state index in [1.807, 2.05) is 0 Å². The molecular weight excluding hydrogens is 208 g/mol. The third kappa shape index (κ3) is 2.58. The van der Waals surface area contributed by atoms with Gasteiger partial charge in [0.2, 0.25) is 5.91 Å². The molecule has 0 fully saturated rings. The van der Waals surface area contributed by atoms with Crippen molar-refractivity contribution in [3.63, 3.8) is 0 Å². The maximum Gasteiger partial charge on any atom is 0.326 e. The minimum absolute atomic E-state index is 0.216. The largest absolute Gasteiger partial charge is 0.480 e. The van der Waals surface area contributed by atoms with Crippen LogP contribution in [0.3, 0.4) is 0 Å². The Labute approximate surface area is 93.5 Å². The first-order chi connectivity index (χ1) is 7.57. The van der Waals surface area contributed by atoms with E-state index >= 15 is 0 Å². The highest BCUT2D eigenvalue weighted by atomic mass is 16.4. The van der Waals surface area contributed by atoms with Crippen molar-refractivity contribution in [2.75, 3.05) is 11.4 Å². The van der Waals surface area contributed by atoms with Gasteiger partial charge >= 0.3 is 5.97 Å². The van der Waals surface area contributed by atoms with Gasteiger partial charge in [-0.2, -0.15) is 0 Å². The number of rotatable bonds is 4. The molecule has 1 aromatic rings. The Bertz CT molecular complexity index is 378. The molecule has 3 N–H and O–H groups in total. The molecule has 0 aliphatic carbocycles. The van der Waals surface area contributed by atoms with Crippen molar-refractivity contribution < 1.29 is 14.7 Å². The van der Waals surface area contributed by atoms with Crippen LogP contribution >= 0.6 is 0 Å². The Morgan fingerprint density at radius 1 is 1.38 bits per heavy atom. The Morgan fingerprint density at radius 3 is 2.38 bits per heavy atom. The molecule has 0 aliphatic heterocycles. The minimum Gasteiger partial charge on any atom is -0.480 e. The summed E-state index contributed by atoms with van der Waals surface area (Å²) in [6.07, 6.45) is 0. The number of benzene rings is 1. The van der Waals surface area contributed by atoms with Gasteiger partial charge in [0, 0.05) is 5.69 Å². The summed E-state index contributed by atoms with van der Waals surface area (Å²) in [6.45, 7) is 1.23. The number of aliphatic carboxylic acids is 1. The molecule has 0 saturated heterocycles. The molecule has 0 saturated carbocycles. The van der Waals surface area contributed by atoms with Crippen molar-refractivity contribution in [2.24, 2.45) is 5.73 Å². The number of carboxylic acids is 1. The molecule has 5 heteroatoms. The average Bonchev–Trinajstić information content (AvgIpc) is 2.30. The molecule has 1 amide bonds. The van der Waals surface area contributed by atoms with E-state index in [1.165, 1.54) is 11.8 Å². The van der Waals surface area contributed by atoms with Crippen molar-refractivity contribution in [3.05, 3.63) is 30.3 Å². The molecule has 0 aliphatic rings. The fourth-order valence-corrected chi connectivity index (χ4v) is 1.38.